The maximum atomic E-state index is 13.2. The number of aryl methyl sites for hydroxylation is 2. The van der Waals surface area contributed by atoms with Crippen molar-refractivity contribution in [2.75, 3.05) is 16.4 Å². The molecule has 1 heterocycles. The SMILES string of the molecule is Cc1ccc(/C=C(\NC(=O)c2ccccc2)C(=O)Nc2ccc(SCC(=O)Nc3cc(C)on3)cc2)cc1. The minimum absolute atomic E-state index is 0.112. The highest BCUT2D eigenvalue weighted by Gasteiger charge is 2.15. The fourth-order valence-electron chi connectivity index (χ4n) is 3.36. The average Bonchev–Trinajstić information content (AvgIpc) is 3.33. The van der Waals surface area contributed by atoms with Gasteiger partial charge in [-0.2, -0.15) is 0 Å². The van der Waals surface area contributed by atoms with Crippen molar-refractivity contribution < 1.29 is 18.9 Å². The van der Waals surface area contributed by atoms with Gasteiger partial charge in [0.1, 0.15) is 11.5 Å². The Hall–Kier alpha value is -4.63. The topological polar surface area (TPSA) is 113 Å². The lowest BCUT2D eigenvalue weighted by atomic mass is 10.1. The van der Waals surface area contributed by atoms with Gasteiger partial charge in [-0.1, -0.05) is 53.2 Å². The molecule has 1 aromatic heterocycles. The van der Waals surface area contributed by atoms with E-state index in [-0.39, 0.29) is 23.3 Å². The van der Waals surface area contributed by atoms with Crippen LogP contribution in [0.5, 0.6) is 0 Å². The minimum atomic E-state index is -0.461. The summed E-state index contributed by atoms with van der Waals surface area (Å²) < 4.78 is 4.94. The van der Waals surface area contributed by atoms with Crippen molar-refractivity contribution in [2.45, 2.75) is 18.7 Å². The van der Waals surface area contributed by atoms with Crippen LogP contribution in [0.4, 0.5) is 11.5 Å². The van der Waals surface area contributed by atoms with Gasteiger partial charge in [0.25, 0.3) is 11.8 Å². The van der Waals surface area contributed by atoms with Gasteiger partial charge < -0.3 is 20.5 Å². The van der Waals surface area contributed by atoms with E-state index in [1.54, 1.807) is 67.6 Å². The van der Waals surface area contributed by atoms with Gasteiger partial charge in [0.2, 0.25) is 5.91 Å². The minimum Gasteiger partial charge on any atom is -0.360 e. The van der Waals surface area contributed by atoms with E-state index in [1.807, 2.05) is 37.3 Å². The second-order valence-electron chi connectivity index (χ2n) is 8.43. The van der Waals surface area contributed by atoms with Gasteiger partial charge in [0, 0.05) is 22.2 Å². The molecule has 3 N–H and O–H groups in total. The molecule has 0 radical (unpaired) electrons. The van der Waals surface area contributed by atoms with Gasteiger partial charge in [-0.05, 0) is 61.9 Å². The number of anilines is 2. The monoisotopic (exact) mass is 526 g/mol. The number of thioether (sulfide) groups is 1. The molecule has 0 aliphatic heterocycles. The third-order valence-corrected chi connectivity index (χ3v) is 6.31. The number of hydrogen-bond acceptors (Lipinski definition) is 6. The molecule has 0 saturated carbocycles. The number of hydrogen-bond donors (Lipinski definition) is 3. The summed E-state index contributed by atoms with van der Waals surface area (Å²) in [6.45, 7) is 3.72. The van der Waals surface area contributed by atoms with Crippen molar-refractivity contribution in [3.05, 3.63) is 113 Å². The number of carbonyl (C=O) groups is 3. The standard InChI is InChI=1S/C29H26N4O4S/c1-19-8-10-21(11-9-19)17-25(31-28(35)22-6-4-3-5-7-22)29(36)30-23-12-14-24(15-13-23)38-18-27(34)32-26-16-20(2)37-33-26/h3-17H,18H2,1-2H3,(H,30,36)(H,31,35)(H,32,33,34)/b25-17-. The summed E-state index contributed by atoms with van der Waals surface area (Å²) in [5, 5.41) is 12.0. The van der Waals surface area contributed by atoms with E-state index in [0.29, 0.717) is 22.8 Å². The van der Waals surface area contributed by atoms with Gasteiger partial charge >= 0.3 is 0 Å². The largest absolute Gasteiger partial charge is 0.360 e. The molecule has 8 nitrogen and oxygen atoms in total. The van der Waals surface area contributed by atoms with Crippen LogP contribution in [0, 0.1) is 13.8 Å². The fourth-order valence-corrected chi connectivity index (χ4v) is 4.06. The van der Waals surface area contributed by atoms with Crippen LogP contribution in [0.1, 0.15) is 27.2 Å². The molecule has 192 valence electrons. The third kappa shape index (κ3) is 7.68. The number of rotatable bonds is 9. The van der Waals surface area contributed by atoms with Crippen LogP contribution >= 0.6 is 11.8 Å². The predicted octanol–water partition coefficient (Wildman–Crippen LogP) is 5.43. The number of aromatic nitrogens is 1. The highest BCUT2D eigenvalue weighted by Crippen LogP contribution is 2.21. The van der Waals surface area contributed by atoms with Crippen molar-refractivity contribution in [1.29, 1.82) is 0 Å². The molecule has 0 aliphatic carbocycles. The molecule has 0 aliphatic rings. The molecule has 0 saturated heterocycles. The molecular weight excluding hydrogens is 500 g/mol. The number of amides is 3. The Morgan fingerprint density at radius 3 is 2.26 bits per heavy atom. The summed E-state index contributed by atoms with van der Waals surface area (Å²) in [5.41, 5.74) is 2.97. The number of nitrogens with zero attached hydrogens (tertiary/aromatic N) is 1. The van der Waals surface area contributed by atoms with Crippen LogP contribution in [0.2, 0.25) is 0 Å². The second kappa shape index (κ2) is 12.6. The summed E-state index contributed by atoms with van der Waals surface area (Å²) in [4.78, 5) is 38.9. The molecule has 3 aromatic carbocycles. The van der Waals surface area contributed by atoms with Crippen molar-refractivity contribution in [1.82, 2.24) is 10.5 Å². The quantitative estimate of drug-likeness (QED) is 0.198. The fraction of sp³-hybridized carbons (Fsp3) is 0.103. The predicted molar refractivity (Wildman–Crippen MR) is 149 cm³/mol. The van der Waals surface area contributed by atoms with Crippen molar-refractivity contribution in [3.63, 3.8) is 0 Å². The Kier molecular flexibility index (Phi) is 8.73. The summed E-state index contributed by atoms with van der Waals surface area (Å²) in [6.07, 6.45) is 1.63. The van der Waals surface area contributed by atoms with E-state index in [9.17, 15) is 14.4 Å². The molecule has 9 heteroatoms. The van der Waals surface area contributed by atoms with Crippen molar-refractivity contribution in [3.8, 4) is 0 Å². The Bertz CT molecular complexity index is 1450. The van der Waals surface area contributed by atoms with E-state index in [1.165, 1.54) is 11.8 Å². The molecular formula is C29H26N4O4S. The Labute approximate surface area is 224 Å². The van der Waals surface area contributed by atoms with E-state index < -0.39 is 5.91 Å². The molecule has 0 bridgehead atoms. The van der Waals surface area contributed by atoms with E-state index >= 15 is 0 Å². The molecule has 0 unspecified atom stereocenters. The smallest absolute Gasteiger partial charge is 0.272 e. The van der Waals surface area contributed by atoms with E-state index in [4.69, 9.17) is 4.52 Å². The van der Waals surface area contributed by atoms with Gasteiger partial charge in [-0.15, -0.1) is 11.8 Å². The molecule has 3 amide bonds. The van der Waals surface area contributed by atoms with Gasteiger partial charge in [0.05, 0.1) is 5.75 Å². The van der Waals surface area contributed by atoms with Crippen LogP contribution < -0.4 is 16.0 Å². The molecule has 38 heavy (non-hydrogen) atoms. The first kappa shape index (κ1) is 26.4. The van der Waals surface area contributed by atoms with Gasteiger partial charge in [0.15, 0.2) is 5.82 Å². The number of carbonyl (C=O) groups excluding carboxylic acids is 3. The molecule has 0 fully saturated rings. The zero-order chi connectivity index (χ0) is 26.9. The number of benzene rings is 3. The summed E-state index contributed by atoms with van der Waals surface area (Å²) in [5.74, 6) is 0.123. The van der Waals surface area contributed by atoms with Crippen LogP contribution in [0.25, 0.3) is 6.08 Å². The zero-order valence-corrected chi connectivity index (χ0v) is 21.7. The van der Waals surface area contributed by atoms with Crippen LogP contribution in [-0.2, 0) is 9.59 Å². The van der Waals surface area contributed by atoms with Crippen LogP contribution in [0.15, 0.2) is 100 Å². The average molecular weight is 527 g/mol. The first-order valence-corrected chi connectivity index (χ1v) is 12.8. The lowest BCUT2D eigenvalue weighted by Crippen LogP contribution is -2.30. The summed E-state index contributed by atoms with van der Waals surface area (Å²) in [7, 11) is 0. The lowest BCUT2D eigenvalue weighted by Gasteiger charge is -2.12. The normalized spacial score (nSPS) is 11.1. The van der Waals surface area contributed by atoms with Gasteiger partial charge in [-0.3, -0.25) is 14.4 Å². The zero-order valence-electron chi connectivity index (χ0n) is 20.9. The maximum Gasteiger partial charge on any atom is 0.272 e. The molecule has 4 aromatic rings. The Morgan fingerprint density at radius 1 is 0.895 bits per heavy atom. The van der Waals surface area contributed by atoms with E-state index in [2.05, 4.69) is 21.1 Å². The Morgan fingerprint density at radius 2 is 1.61 bits per heavy atom. The van der Waals surface area contributed by atoms with Gasteiger partial charge in [-0.25, -0.2) is 0 Å². The highest BCUT2D eigenvalue weighted by atomic mass is 32.2. The Balaban J connectivity index is 1.40. The molecule has 0 spiro atoms. The third-order valence-electron chi connectivity index (χ3n) is 5.29. The summed E-state index contributed by atoms with van der Waals surface area (Å²) in [6, 6.07) is 25.1. The van der Waals surface area contributed by atoms with Crippen molar-refractivity contribution in [2.24, 2.45) is 0 Å². The van der Waals surface area contributed by atoms with Crippen molar-refractivity contribution >= 4 is 47.1 Å². The van der Waals surface area contributed by atoms with Crippen LogP contribution in [-0.4, -0.2) is 28.6 Å². The second-order valence-corrected chi connectivity index (χ2v) is 9.48. The lowest BCUT2D eigenvalue weighted by molar-refractivity contribution is -0.114. The highest BCUT2D eigenvalue weighted by molar-refractivity contribution is 8.00. The molecule has 4 rings (SSSR count). The maximum absolute atomic E-state index is 13.2. The first-order valence-electron chi connectivity index (χ1n) is 11.8. The molecule has 0 atom stereocenters. The first-order chi connectivity index (χ1) is 18.4. The summed E-state index contributed by atoms with van der Waals surface area (Å²) >= 11 is 1.35. The number of nitrogens with one attached hydrogen (secondary N) is 3. The van der Waals surface area contributed by atoms with Crippen LogP contribution in [0.3, 0.4) is 0 Å². The van der Waals surface area contributed by atoms with E-state index in [0.717, 1.165) is 16.0 Å².